The fourth-order valence-electron chi connectivity index (χ4n) is 1.86. The van der Waals surface area contributed by atoms with Crippen molar-refractivity contribution in [3.8, 4) is 0 Å². The predicted molar refractivity (Wildman–Crippen MR) is 80.1 cm³/mol. The van der Waals surface area contributed by atoms with E-state index in [-0.39, 0.29) is 44.8 Å². The molecule has 0 saturated carbocycles. The zero-order valence-electron chi connectivity index (χ0n) is 12.9. The van der Waals surface area contributed by atoms with Gasteiger partial charge < -0.3 is 29.1 Å². The summed E-state index contributed by atoms with van der Waals surface area (Å²) in [7, 11) is -4.53. The first-order valence-electron chi connectivity index (χ1n) is 6.41. The van der Waals surface area contributed by atoms with Crippen molar-refractivity contribution in [1.82, 2.24) is 19.5 Å². The molecule has 0 aliphatic rings. The number of hydrogen-bond acceptors (Lipinski definition) is 5. The van der Waals surface area contributed by atoms with Crippen LogP contribution in [0.15, 0.2) is 31.1 Å². The van der Waals surface area contributed by atoms with Gasteiger partial charge in [-0.15, -0.1) is 0 Å². The van der Waals surface area contributed by atoms with Crippen molar-refractivity contribution in [3.63, 3.8) is 0 Å². The van der Waals surface area contributed by atoms with Crippen LogP contribution in [0.2, 0.25) is 0 Å². The number of imidazole rings is 1. The number of hydrogen-bond donors (Lipinski definition) is 2. The van der Waals surface area contributed by atoms with E-state index in [0.717, 1.165) is 6.08 Å². The van der Waals surface area contributed by atoms with Crippen LogP contribution in [0.1, 0.15) is 5.69 Å². The molecule has 0 fully saturated rings. The van der Waals surface area contributed by atoms with Gasteiger partial charge in [0, 0.05) is 62.3 Å². The van der Waals surface area contributed by atoms with Crippen LogP contribution in [0, 0.1) is 13.3 Å². The normalized spacial score (nSPS) is 14.0. The third kappa shape index (κ3) is 4.84. The van der Waals surface area contributed by atoms with Crippen LogP contribution in [-0.2, 0) is 48.6 Å². The summed E-state index contributed by atoms with van der Waals surface area (Å²) in [6.45, 7) is 8.52. The quantitative estimate of drug-likeness (QED) is 0.389. The molecule has 11 heteroatoms. The molecule has 127 valence electrons. The minimum atomic E-state index is -4.53. The van der Waals surface area contributed by atoms with Gasteiger partial charge in [0.15, 0.2) is 6.35 Å². The van der Waals surface area contributed by atoms with E-state index in [0.29, 0.717) is 16.9 Å². The molecular weight excluding hydrogens is 415 g/mol. The molecule has 0 unspecified atom stereocenters. The Bertz CT molecular complexity index is 808. The molecular formula is C13H15FN4O4PY-. The van der Waals surface area contributed by atoms with Gasteiger partial charge in [-0.2, -0.15) is 0 Å². The molecule has 2 rings (SSSR count). The van der Waals surface area contributed by atoms with E-state index in [2.05, 4.69) is 39.2 Å². The Morgan fingerprint density at radius 1 is 1.58 bits per heavy atom. The van der Waals surface area contributed by atoms with E-state index >= 15 is 0 Å². The van der Waals surface area contributed by atoms with Gasteiger partial charge in [0.2, 0.25) is 0 Å². The van der Waals surface area contributed by atoms with Gasteiger partial charge in [-0.3, -0.25) is 9.55 Å². The molecule has 8 nitrogen and oxygen atoms in total. The Hall–Kier alpha value is -0.826. The molecule has 1 atom stereocenters. The van der Waals surface area contributed by atoms with E-state index in [1.165, 1.54) is 10.9 Å². The third-order valence-corrected chi connectivity index (χ3v) is 3.54. The van der Waals surface area contributed by atoms with E-state index in [4.69, 9.17) is 9.79 Å². The second kappa shape index (κ2) is 8.04. The van der Waals surface area contributed by atoms with Gasteiger partial charge in [-0.25, -0.2) is 4.39 Å². The predicted octanol–water partition coefficient (Wildman–Crippen LogP) is 1.49. The van der Waals surface area contributed by atoms with Crippen LogP contribution >= 0.6 is 7.60 Å². The molecule has 0 amide bonds. The summed E-state index contributed by atoms with van der Waals surface area (Å²) in [5.74, 6) is -2.59. The summed E-state index contributed by atoms with van der Waals surface area (Å²) in [4.78, 5) is 29.6. The molecule has 1 radical (unpaired) electrons. The number of alkyl halides is 1. The largest absolute Gasteiger partial charge is 0.369 e. The maximum Gasteiger partial charge on any atom is 0.351 e. The Balaban J connectivity index is 0.00000288. The number of fused-ring (bicyclic) bond motifs is 1. The fourth-order valence-corrected chi connectivity index (χ4v) is 2.22. The fraction of sp³-hybridized carbons (Fsp3) is 0.308. The number of nitrogens with zero attached hydrogens (tertiary/aromatic N) is 4. The van der Waals surface area contributed by atoms with Crippen molar-refractivity contribution >= 4 is 18.8 Å². The Labute approximate surface area is 162 Å². The van der Waals surface area contributed by atoms with E-state index < -0.39 is 19.8 Å². The summed E-state index contributed by atoms with van der Waals surface area (Å²) >= 11 is 0. The number of aryl methyl sites for hydroxylation is 1. The molecule has 0 bridgehead atoms. The maximum absolute atomic E-state index is 14.7. The van der Waals surface area contributed by atoms with Crippen molar-refractivity contribution in [3.05, 3.63) is 43.2 Å². The monoisotopic (exact) mass is 430 g/mol. The summed E-state index contributed by atoms with van der Waals surface area (Å²) < 4.78 is 31.7. The van der Waals surface area contributed by atoms with E-state index in [9.17, 15) is 8.96 Å². The topological polar surface area (TPSA) is 110 Å². The van der Waals surface area contributed by atoms with Crippen molar-refractivity contribution in [2.45, 2.75) is 19.3 Å². The van der Waals surface area contributed by atoms with Gasteiger partial charge in [0.25, 0.3) is 5.85 Å². The molecule has 2 aromatic rings. The van der Waals surface area contributed by atoms with Crippen LogP contribution in [-0.4, -0.2) is 41.5 Å². The molecule has 2 aromatic heterocycles. The average Bonchev–Trinajstić information content (AvgIpc) is 2.88. The number of ether oxygens (including phenoxy) is 1. The minimum Gasteiger partial charge on any atom is -0.369 e. The van der Waals surface area contributed by atoms with Crippen molar-refractivity contribution in [1.29, 1.82) is 0 Å². The summed E-state index contributed by atoms with van der Waals surface area (Å²) in [5.41, 5.74) is 1.47. The Morgan fingerprint density at radius 3 is 2.83 bits per heavy atom. The maximum atomic E-state index is 14.7. The Morgan fingerprint density at radius 2 is 2.25 bits per heavy atom. The molecule has 0 aliphatic carbocycles. The first-order valence-corrected chi connectivity index (χ1v) is 8.21. The zero-order valence-corrected chi connectivity index (χ0v) is 16.6. The van der Waals surface area contributed by atoms with Gasteiger partial charge in [0.05, 0.1) is 6.33 Å². The molecule has 0 spiro atoms. The van der Waals surface area contributed by atoms with Crippen LogP contribution < -0.4 is 0 Å². The number of rotatable bonds is 7. The Kier molecular flexibility index (Phi) is 7.10. The second-order valence-electron chi connectivity index (χ2n) is 4.84. The standard InChI is InChI=1S/C13H15FN4O4P.Y/c1-4-13(14,22-8-23(19,20)21)9(2)5-18-7-17-11-10(3)15-6-16-12(11)18;/h4,7H,1-2,5,8H2,3H3,(H2,19,20,21);/q-1;/t13-;/m0./s1. The smallest absolute Gasteiger partial charge is 0.351 e. The number of halogens is 1. The average molecular weight is 430 g/mol. The molecule has 0 aliphatic heterocycles. The van der Waals surface area contributed by atoms with E-state index in [1.54, 1.807) is 6.92 Å². The molecule has 2 N–H and O–H groups in total. The first-order chi connectivity index (χ1) is 10.7. The van der Waals surface area contributed by atoms with Gasteiger partial charge in [-0.1, -0.05) is 20.1 Å². The SMILES string of the molecule is C=C[C@](F)(OCP(=O)(O)O)C(=C)Cn1cnc2c(C)n[c-]nc21.[Y]. The second-order valence-corrected chi connectivity index (χ2v) is 6.43. The van der Waals surface area contributed by atoms with Gasteiger partial charge >= 0.3 is 7.60 Å². The molecule has 0 saturated heterocycles. The summed E-state index contributed by atoms with van der Waals surface area (Å²) in [6.07, 6.45) is 3.59. The first kappa shape index (κ1) is 21.2. The van der Waals surface area contributed by atoms with Crippen molar-refractivity contribution < 1.29 is 56.2 Å². The van der Waals surface area contributed by atoms with E-state index in [1.807, 2.05) is 0 Å². The van der Waals surface area contributed by atoms with Gasteiger partial charge in [-0.05, 0) is 11.8 Å². The zero-order chi connectivity index (χ0) is 17.3. The summed E-state index contributed by atoms with van der Waals surface area (Å²) in [6, 6.07) is 0. The van der Waals surface area contributed by atoms with Crippen LogP contribution in [0.3, 0.4) is 0 Å². The van der Waals surface area contributed by atoms with Crippen molar-refractivity contribution in [2.75, 3.05) is 6.35 Å². The molecule has 0 aromatic carbocycles. The third-order valence-electron chi connectivity index (χ3n) is 3.08. The number of aromatic nitrogens is 4. The molecule has 24 heavy (non-hydrogen) atoms. The van der Waals surface area contributed by atoms with Crippen molar-refractivity contribution in [2.24, 2.45) is 0 Å². The summed E-state index contributed by atoms with van der Waals surface area (Å²) in [5, 5.41) is 0. The van der Waals surface area contributed by atoms with Crippen LogP contribution in [0.25, 0.3) is 11.2 Å². The van der Waals surface area contributed by atoms with Crippen LogP contribution in [0.5, 0.6) is 0 Å². The minimum absolute atomic E-state index is 0. The molecule has 2 heterocycles. The van der Waals surface area contributed by atoms with Gasteiger partial charge in [0.1, 0.15) is 0 Å². The van der Waals surface area contributed by atoms with Crippen LogP contribution in [0.4, 0.5) is 4.39 Å².